The number of ether oxygens (including phenoxy) is 1. The van der Waals surface area contributed by atoms with Crippen LogP contribution in [0.15, 0.2) is 34.9 Å². The van der Waals surface area contributed by atoms with E-state index in [1.807, 2.05) is 18.2 Å². The lowest BCUT2D eigenvalue weighted by molar-refractivity contribution is 0.199. The molecule has 0 fully saturated rings. The Balaban J connectivity index is 1.66. The van der Waals surface area contributed by atoms with Crippen molar-refractivity contribution in [3.63, 3.8) is 0 Å². The molecule has 0 aliphatic rings. The molecule has 0 aliphatic heterocycles. The van der Waals surface area contributed by atoms with Crippen molar-refractivity contribution < 1.29 is 9.26 Å². The van der Waals surface area contributed by atoms with E-state index < -0.39 is 0 Å². The van der Waals surface area contributed by atoms with Crippen molar-refractivity contribution in [1.29, 1.82) is 0 Å². The zero-order chi connectivity index (χ0) is 13.3. The van der Waals surface area contributed by atoms with Crippen molar-refractivity contribution in [3.8, 4) is 0 Å². The quantitative estimate of drug-likeness (QED) is 0.739. The monoisotopic (exact) mass is 261 g/mol. The fourth-order valence-electron chi connectivity index (χ4n) is 1.71. The number of anilines is 1. The minimum atomic E-state index is 0.620. The summed E-state index contributed by atoms with van der Waals surface area (Å²) in [5.74, 6) is 1.41. The Labute approximate surface area is 113 Å². The molecule has 0 radical (unpaired) electrons. The summed E-state index contributed by atoms with van der Waals surface area (Å²) in [5, 5.41) is 7.25. The lowest BCUT2D eigenvalue weighted by atomic mass is 10.3. The van der Waals surface area contributed by atoms with Crippen molar-refractivity contribution in [2.24, 2.45) is 0 Å². The van der Waals surface area contributed by atoms with E-state index in [9.17, 15) is 0 Å². The van der Waals surface area contributed by atoms with Gasteiger partial charge in [-0.3, -0.25) is 0 Å². The summed E-state index contributed by atoms with van der Waals surface area (Å²) in [6, 6.07) is 10.1. The van der Waals surface area contributed by atoms with Crippen LogP contribution in [0.25, 0.3) is 0 Å². The summed E-state index contributed by atoms with van der Waals surface area (Å²) in [7, 11) is 1.66. The molecule has 2 aromatic rings. The van der Waals surface area contributed by atoms with Gasteiger partial charge in [0.2, 0.25) is 5.89 Å². The van der Waals surface area contributed by atoms with Gasteiger partial charge in [-0.05, 0) is 18.6 Å². The normalized spacial score (nSPS) is 10.6. The molecule has 2 rings (SSSR count). The highest BCUT2D eigenvalue weighted by molar-refractivity contribution is 5.42. The van der Waals surface area contributed by atoms with Gasteiger partial charge in [0.15, 0.2) is 5.82 Å². The molecule has 0 atom stereocenters. The van der Waals surface area contributed by atoms with E-state index >= 15 is 0 Å². The molecule has 0 amide bonds. The van der Waals surface area contributed by atoms with E-state index in [0.29, 0.717) is 24.7 Å². The van der Waals surface area contributed by atoms with Gasteiger partial charge in [-0.15, -0.1) is 0 Å². The summed E-state index contributed by atoms with van der Waals surface area (Å²) >= 11 is 0. The van der Waals surface area contributed by atoms with Gasteiger partial charge in [0, 0.05) is 32.2 Å². The summed E-state index contributed by atoms with van der Waals surface area (Å²) in [4.78, 5) is 4.31. The van der Waals surface area contributed by atoms with Crippen LogP contribution in [-0.2, 0) is 17.6 Å². The molecule has 5 heteroatoms. The maximum atomic E-state index is 5.17. The second kappa shape index (κ2) is 7.53. The van der Waals surface area contributed by atoms with Crippen molar-refractivity contribution in [2.45, 2.75) is 19.3 Å². The Morgan fingerprint density at radius 2 is 2.05 bits per heavy atom. The van der Waals surface area contributed by atoms with Crippen LogP contribution in [0, 0.1) is 0 Å². The van der Waals surface area contributed by atoms with Gasteiger partial charge >= 0.3 is 0 Å². The van der Waals surface area contributed by atoms with Gasteiger partial charge in [0.05, 0.1) is 6.61 Å². The molecule has 0 unspecified atom stereocenters. The molecule has 19 heavy (non-hydrogen) atoms. The average molecular weight is 261 g/mol. The number of aryl methyl sites for hydroxylation is 1. The predicted octanol–water partition coefficient (Wildman–Crippen LogP) is 2.30. The molecule has 0 spiro atoms. The molecule has 1 aromatic carbocycles. The number of nitrogens with one attached hydrogen (secondary N) is 1. The summed E-state index contributed by atoms with van der Waals surface area (Å²) < 4.78 is 10.1. The van der Waals surface area contributed by atoms with Crippen LogP contribution < -0.4 is 5.32 Å². The first-order valence-electron chi connectivity index (χ1n) is 6.48. The Morgan fingerprint density at radius 3 is 2.84 bits per heavy atom. The number of hydrogen-bond donors (Lipinski definition) is 1. The van der Waals surface area contributed by atoms with Crippen molar-refractivity contribution in [2.75, 3.05) is 25.6 Å². The van der Waals surface area contributed by atoms with E-state index in [1.54, 1.807) is 7.11 Å². The maximum Gasteiger partial charge on any atom is 0.226 e. The molecule has 0 saturated carbocycles. The second-order valence-electron chi connectivity index (χ2n) is 4.24. The standard InChI is InChI=1S/C14H19N3O2/c1-18-11-9-13-16-14(19-17-13)8-5-10-15-12-6-3-2-4-7-12/h2-4,6-7,15H,5,8-11H2,1H3. The molecule has 1 N–H and O–H groups in total. The van der Waals surface area contributed by atoms with Gasteiger partial charge in [0.25, 0.3) is 0 Å². The first-order valence-corrected chi connectivity index (χ1v) is 6.48. The molecule has 1 aromatic heterocycles. The zero-order valence-corrected chi connectivity index (χ0v) is 11.1. The van der Waals surface area contributed by atoms with E-state index in [1.165, 1.54) is 0 Å². The third-order valence-corrected chi connectivity index (χ3v) is 2.71. The zero-order valence-electron chi connectivity index (χ0n) is 11.1. The van der Waals surface area contributed by atoms with Crippen LogP contribution in [0.4, 0.5) is 5.69 Å². The Kier molecular flexibility index (Phi) is 5.37. The van der Waals surface area contributed by atoms with Crippen molar-refractivity contribution >= 4 is 5.69 Å². The predicted molar refractivity (Wildman–Crippen MR) is 73.1 cm³/mol. The van der Waals surface area contributed by atoms with Gasteiger partial charge in [-0.1, -0.05) is 23.4 Å². The number of benzene rings is 1. The van der Waals surface area contributed by atoms with E-state index in [0.717, 1.165) is 25.1 Å². The fraction of sp³-hybridized carbons (Fsp3) is 0.429. The van der Waals surface area contributed by atoms with Crippen molar-refractivity contribution in [3.05, 3.63) is 42.0 Å². The highest BCUT2D eigenvalue weighted by Crippen LogP contribution is 2.06. The van der Waals surface area contributed by atoms with Crippen LogP contribution >= 0.6 is 0 Å². The number of hydrogen-bond acceptors (Lipinski definition) is 5. The maximum absolute atomic E-state index is 5.17. The highest BCUT2D eigenvalue weighted by atomic mass is 16.5. The molecule has 5 nitrogen and oxygen atoms in total. The number of aromatic nitrogens is 2. The number of para-hydroxylation sites is 1. The van der Waals surface area contributed by atoms with Crippen LogP contribution in [-0.4, -0.2) is 30.4 Å². The van der Waals surface area contributed by atoms with E-state index in [-0.39, 0.29) is 0 Å². The van der Waals surface area contributed by atoms with Crippen molar-refractivity contribution in [1.82, 2.24) is 10.1 Å². The molecule has 0 aliphatic carbocycles. The van der Waals surface area contributed by atoms with Crippen LogP contribution in [0.1, 0.15) is 18.1 Å². The molecular formula is C14H19N3O2. The topological polar surface area (TPSA) is 60.2 Å². The Hall–Kier alpha value is -1.88. The first kappa shape index (κ1) is 13.5. The summed E-state index contributed by atoms with van der Waals surface area (Å²) in [6.07, 6.45) is 2.45. The first-order chi connectivity index (χ1) is 9.38. The SMILES string of the molecule is COCCc1noc(CCCNc2ccccc2)n1. The lowest BCUT2D eigenvalue weighted by Gasteiger charge is -2.03. The van der Waals surface area contributed by atoms with Gasteiger partial charge < -0.3 is 14.6 Å². The highest BCUT2D eigenvalue weighted by Gasteiger charge is 2.05. The molecule has 1 heterocycles. The molecular weight excluding hydrogens is 242 g/mol. The smallest absolute Gasteiger partial charge is 0.226 e. The number of nitrogens with zero attached hydrogens (tertiary/aromatic N) is 2. The lowest BCUT2D eigenvalue weighted by Crippen LogP contribution is -2.03. The van der Waals surface area contributed by atoms with Crippen LogP contribution in [0.3, 0.4) is 0 Å². The van der Waals surface area contributed by atoms with Gasteiger partial charge in [-0.25, -0.2) is 0 Å². The van der Waals surface area contributed by atoms with Gasteiger partial charge in [-0.2, -0.15) is 4.98 Å². The minimum Gasteiger partial charge on any atom is -0.385 e. The fourth-order valence-corrected chi connectivity index (χ4v) is 1.71. The summed E-state index contributed by atoms with van der Waals surface area (Å²) in [6.45, 7) is 1.51. The van der Waals surface area contributed by atoms with E-state index in [4.69, 9.17) is 9.26 Å². The molecule has 0 saturated heterocycles. The Morgan fingerprint density at radius 1 is 1.21 bits per heavy atom. The van der Waals surface area contributed by atoms with E-state index in [2.05, 4.69) is 27.6 Å². The third kappa shape index (κ3) is 4.71. The number of methoxy groups -OCH3 is 1. The number of rotatable bonds is 8. The summed E-state index contributed by atoms with van der Waals surface area (Å²) in [5.41, 5.74) is 1.13. The Bertz CT molecular complexity index is 471. The second-order valence-corrected chi connectivity index (χ2v) is 4.24. The van der Waals surface area contributed by atoms with Gasteiger partial charge in [0.1, 0.15) is 0 Å². The third-order valence-electron chi connectivity index (χ3n) is 2.71. The van der Waals surface area contributed by atoms with Crippen LogP contribution in [0.5, 0.6) is 0 Å². The molecule has 102 valence electrons. The molecule has 0 bridgehead atoms. The largest absolute Gasteiger partial charge is 0.385 e. The van der Waals surface area contributed by atoms with Crippen LogP contribution in [0.2, 0.25) is 0 Å². The minimum absolute atomic E-state index is 0.620. The average Bonchev–Trinajstić information content (AvgIpc) is 2.90.